The number of benzene rings is 2. The van der Waals surface area contributed by atoms with Crippen LogP contribution >= 0.6 is 11.6 Å². The summed E-state index contributed by atoms with van der Waals surface area (Å²) in [6.07, 6.45) is 1.27. The molecule has 2 aromatic carbocycles. The van der Waals surface area contributed by atoms with E-state index in [1.807, 2.05) is 0 Å². The fourth-order valence-electron chi connectivity index (χ4n) is 2.57. The molecule has 0 aliphatic carbocycles. The first kappa shape index (κ1) is 16.3. The van der Waals surface area contributed by atoms with E-state index in [1.165, 1.54) is 52.0 Å². The summed E-state index contributed by atoms with van der Waals surface area (Å²) < 4.78 is 29.6. The van der Waals surface area contributed by atoms with E-state index in [2.05, 4.69) is 15.3 Å². The topological polar surface area (TPSA) is 65.6 Å². The number of aromatic nitrogens is 5. The van der Waals surface area contributed by atoms with E-state index in [0.29, 0.717) is 5.69 Å². The Kier molecular flexibility index (Phi) is 3.96. The number of hydrogen-bond acceptors (Lipinski definition) is 4. The van der Waals surface area contributed by atoms with Crippen molar-refractivity contribution in [3.63, 3.8) is 0 Å². The van der Waals surface area contributed by atoms with Crippen LogP contribution in [-0.2, 0) is 6.54 Å². The fraction of sp³-hybridized carbons (Fsp3) is 0.0588. The Bertz CT molecular complexity index is 1150. The molecule has 0 atom stereocenters. The van der Waals surface area contributed by atoms with Gasteiger partial charge in [-0.05, 0) is 36.4 Å². The average molecular weight is 374 g/mol. The van der Waals surface area contributed by atoms with Gasteiger partial charge in [0.05, 0.1) is 12.2 Å². The van der Waals surface area contributed by atoms with Crippen LogP contribution in [0, 0.1) is 11.6 Å². The van der Waals surface area contributed by atoms with Crippen LogP contribution in [0.5, 0.6) is 0 Å². The highest BCUT2D eigenvalue weighted by molar-refractivity contribution is 6.31. The number of fused-ring (bicyclic) bond motifs is 1. The molecule has 0 saturated carbocycles. The smallest absolute Gasteiger partial charge is 0.283 e. The zero-order valence-electron chi connectivity index (χ0n) is 13.1. The molecule has 0 amide bonds. The molecule has 6 nitrogen and oxygen atoms in total. The Labute approximate surface area is 150 Å². The molecule has 0 aliphatic rings. The molecule has 0 radical (unpaired) electrons. The van der Waals surface area contributed by atoms with Crippen LogP contribution in [0.4, 0.5) is 8.78 Å². The molecule has 4 aromatic rings. The highest BCUT2D eigenvalue weighted by atomic mass is 35.5. The Hall–Kier alpha value is -3.13. The van der Waals surface area contributed by atoms with E-state index in [4.69, 9.17) is 11.6 Å². The minimum atomic E-state index is -0.514. The van der Waals surface area contributed by atoms with Gasteiger partial charge in [0.15, 0.2) is 11.2 Å². The summed E-state index contributed by atoms with van der Waals surface area (Å²) in [5.74, 6) is -0.908. The van der Waals surface area contributed by atoms with Gasteiger partial charge >= 0.3 is 0 Å². The minimum absolute atomic E-state index is 0.0179. The van der Waals surface area contributed by atoms with Crippen LogP contribution in [0.3, 0.4) is 0 Å². The Morgan fingerprint density at radius 1 is 1.08 bits per heavy atom. The van der Waals surface area contributed by atoms with Crippen molar-refractivity contribution in [3.05, 3.63) is 81.4 Å². The van der Waals surface area contributed by atoms with Crippen molar-refractivity contribution < 1.29 is 8.78 Å². The molecule has 0 aliphatic heterocycles. The number of hydrogen-bond donors (Lipinski definition) is 0. The number of nitrogens with zero attached hydrogens (tertiary/aromatic N) is 5. The van der Waals surface area contributed by atoms with E-state index in [-0.39, 0.29) is 28.3 Å². The highest BCUT2D eigenvalue weighted by Crippen LogP contribution is 2.20. The fourth-order valence-corrected chi connectivity index (χ4v) is 2.79. The summed E-state index contributed by atoms with van der Waals surface area (Å²) >= 11 is 6.01. The lowest BCUT2D eigenvalue weighted by atomic mass is 10.2. The molecular weight excluding hydrogens is 364 g/mol. The lowest BCUT2D eigenvalue weighted by Crippen LogP contribution is -2.22. The van der Waals surface area contributed by atoms with Gasteiger partial charge in [0.25, 0.3) is 5.56 Å². The lowest BCUT2D eigenvalue weighted by Gasteiger charge is -2.08. The first-order valence-corrected chi connectivity index (χ1v) is 7.92. The minimum Gasteiger partial charge on any atom is -0.293 e. The van der Waals surface area contributed by atoms with E-state index in [1.54, 1.807) is 6.07 Å². The predicted molar refractivity (Wildman–Crippen MR) is 91.4 cm³/mol. The third kappa shape index (κ3) is 2.74. The van der Waals surface area contributed by atoms with Crippen LogP contribution in [0.25, 0.3) is 16.9 Å². The average Bonchev–Trinajstić information content (AvgIpc) is 3.05. The molecule has 26 heavy (non-hydrogen) atoms. The van der Waals surface area contributed by atoms with Crippen LogP contribution in [0.1, 0.15) is 5.56 Å². The second-order valence-electron chi connectivity index (χ2n) is 5.53. The van der Waals surface area contributed by atoms with Crippen LogP contribution in [-0.4, -0.2) is 24.5 Å². The quantitative estimate of drug-likeness (QED) is 0.554. The summed E-state index contributed by atoms with van der Waals surface area (Å²) in [6.45, 7) is -0.0866. The molecule has 2 heterocycles. The molecule has 0 spiro atoms. The summed E-state index contributed by atoms with van der Waals surface area (Å²) in [6, 6.07) is 9.82. The van der Waals surface area contributed by atoms with Crippen molar-refractivity contribution in [2.24, 2.45) is 0 Å². The van der Waals surface area contributed by atoms with E-state index >= 15 is 0 Å². The van der Waals surface area contributed by atoms with Crippen LogP contribution in [0.15, 0.2) is 53.6 Å². The van der Waals surface area contributed by atoms with Crippen molar-refractivity contribution in [1.29, 1.82) is 0 Å². The van der Waals surface area contributed by atoms with Gasteiger partial charge in [-0.15, -0.1) is 5.10 Å². The molecule has 0 unspecified atom stereocenters. The summed E-state index contributed by atoms with van der Waals surface area (Å²) in [7, 11) is 0. The Morgan fingerprint density at radius 3 is 2.58 bits per heavy atom. The van der Waals surface area contributed by atoms with E-state index in [0.717, 1.165) is 0 Å². The van der Waals surface area contributed by atoms with Crippen molar-refractivity contribution in [1.82, 2.24) is 24.5 Å². The molecule has 4 rings (SSSR count). The summed E-state index contributed by atoms with van der Waals surface area (Å²) in [5, 5.41) is 7.98. The molecule has 0 N–H and O–H groups in total. The third-order valence-corrected chi connectivity index (χ3v) is 4.24. The first-order chi connectivity index (χ1) is 12.5. The first-order valence-electron chi connectivity index (χ1n) is 7.54. The van der Waals surface area contributed by atoms with Gasteiger partial charge < -0.3 is 0 Å². The molecule has 9 heteroatoms. The zero-order valence-corrected chi connectivity index (χ0v) is 13.9. The van der Waals surface area contributed by atoms with Crippen molar-refractivity contribution in [2.75, 3.05) is 0 Å². The maximum absolute atomic E-state index is 14.0. The van der Waals surface area contributed by atoms with Crippen LogP contribution < -0.4 is 5.56 Å². The van der Waals surface area contributed by atoms with Gasteiger partial charge in [0, 0.05) is 10.6 Å². The summed E-state index contributed by atoms with van der Waals surface area (Å²) in [5.41, 5.74) is 0.448. The van der Waals surface area contributed by atoms with Gasteiger partial charge in [0.1, 0.15) is 18.0 Å². The molecular formula is C17H10ClF2N5O. The predicted octanol–water partition coefficient (Wildman–Crippen LogP) is 2.96. The van der Waals surface area contributed by atoms with Crippen molar-refractivity contribution in [2.45, 2.75) is 6.54 Å². The zero-order chi connectivity index (χ0) is 18.3. The van der Waals surface area contributed by atoms with Gasteiger partial charge in [-0.1, -0.05) is 22.9 Å². The second-order valence-corrected chi connectivity index (χ2v) is 5.93. The number of halogens is 3. The van der Waals surface area contributed by atoms with Crippen molar-refractivity contribution in [3.8, 4) is 5.69 Å². The van der Waals surface area contributed by atoms with Gasteiger partial charge in [-0.25, -0.2) is 13.8 Å². The molecule has 0 bridgehead atoms. The Balaban J connectivity index is 1.79. The number of rotatable bonds is 3. The largest absolute Gasteiger partial charge is 0.293 e. The van der Waals surface area contributed by atoms with E-state index < -0.39 is 17.2 Å². The summed E-state index contributed by atoms with van der Waals surface area (Å²) in [4.78, 5) is 16.8. The third-order valence-electron chi connectivity index (χ3n) is 3.89. The molecule has 130 valence electrons. The maximum Gasteiger partial charge on any atom is 0.283 e. The van der Waals surface area contributed by atoms with Crippen LogP contribution in [0.2, 0.25) is 5.02 Å². The molecule has 2 aromatic heterocycles. The monoisotopic (exact) mass is 373 g/mol. The van der Waals surface area contributed by atoms with Gasteiger partial charge in [-0.3, -0.25) is 9.36 Å². The molecule has 0 saturated heterocycles. The normalized spacial score (nSPS) is 11.2. The second kappa shape index (κ2) is 6.30. The Morgan fingerprint density at radius 2 is 1.85 bits per heavy atom. The van der Waals surface area contributed by atoms with Gasteiger partial charge in [-0.2, -0.15) is 4.68 Å². The molecule has 0 fully saturated rings. The maximum atomic E-state index is 14.0. The highest BCUT2D eigenvalue weighted by Gasteiger charge is 2.15. The van der Waals surface area contributed by atoms with Gasteiger partial charge in [0.2, 0.25) is 0 Å². The SMILES string of the molecule is O=c1c2nnn(-c3ccc(F)cc3)c2ncn1Cc1c(F)cccc1Cl. The lowest BCUT2D eigenvalue weighted by molar-refractivity contribution is 0.595. The van der Waals surface area contributed by atoms with Crippen molar-refractivity contribution >= 4 is 22.8 Å². The standard InChI is InChI=1S/C17H10ClF2N5O/c18-13-2-1-3-14(20)12(13)8-24-9-21-16-15(17(24)26)22-23-25(16)11-6-4-10(19)5-7-11/h1-7,9H,8H2. The van der Waals surface area contributed by atoms with E-state index in [9.17, 15) is 13.6 Å².